The van der Waals surface area contributed by atoms with E-state index in [9.17, 15) is 0 Å². The van der Waals surface area contributed by atoms with Crippen molar-refractivity contribution >= 4 is 11.8 Å². The first-order valence-electron chi connectivity index (χ1n) is 5.88. The van der Waals surface area contributed by atoms with Crippen molar-refractivity contribution in [2.24, 2.45) is 5.73 Å². The van der Waals surface area contributed by atoms with Crippen molar-refractivity contribution in [1.29, 1.82) is 0 Å². The molecule has 0 amide bonds. The van der Waals surface area contributed by atoms with Gasteiger partial charge in [-0.25, -0.2) is 0 Å². The largest absolute Gasteiger partial charge is 0.493 e. The normalized spacial score (nSPS) is 10.6. The third-order valence-electron chi connectivity index (χ3n) is 2.58. The third-order valence-corrected chi connectivity index (χ3v) is 3.69. The van der Waals surface area contributed by atoms with E-state index in [4.69, 9.17) is 14.9 Å². The maximum absolute atomic E-state index is 5.65. The Morgan fingerprint density at radius 2 is 2.00 bits per heavy atom. The average molecular weight is 263 g/mol. The first-order chi connectivity index (χ1) is 8.79. The fourth-order valence-electron chi connectivity index (χ4n) is 1.56. The molecule has 18 heavy (non-hydrogen) atoms. The van der Waals surface area contributed by atoms with E-state index in [0.29, 0.717) is 13.2 Å². The van der Waals surface area contributed by atoms with Crippen molar-refractivity contribution in [3.63, 3.8) is 0 Å². The van der Waals surface area contributed by atoms with Crippen molar-refractivity contribution in [3.8, 4) is 5.75 Å². The Morgan fingerprint density at radius 3 is 2.61 bits per heavy atom. The molecule has 0 aliphatic carbocycles. The van der Waals surface area contributed by atoms with Crippen LogP contribution in [-0.2, 0) is 6.54 Å². The molecule has 2 N–H and O–H groups in total. The number of thioether (sulfide) groups is 1. The van der Waals surface area contributed by atoms with Gasteiger partial charge in [0.05, 0.1) is 12.9 Å². The zero-order valence-electron chi connectivity index (χ0n) is 10.4. The lowest BCUT2D eigenvalue weighted by Gasteiger charge is -2.06. The van der Waals surface area contributed by atoms with Crippen LogP contribution in [0.5, 0.6) is 5.75 Å². The summed E-state index contributed by atoms with van der Waals surface area (Å²) < 4.78 is 10.9. The van der Waals surface area contributed by atoms with Crippen molar-refractivity contribution < 1.29 is 9.15 Å². The molecule has 0 fully saturated rings. The quantitative estimate of drug-likeness (QED) is 0.642. The fourth-order valence-corrected chi connectivity index (χ4v) is 2.35. The molecule has 0 saturated carbocycles. The number of ether oxygens (including phenoxy) is 1. The minimum absolute atomic E-state index is 0.565. The molecular formula is C14H17NO2S. The Labute approximate surface area is 111 Å². The van der Waals surface area contributed by atoms with Crippen LogP contribution < -0.4 is 10.5 Å². The highest BCUT2D eigenvalue weighted by Crippen LogP contribution is 2.23. The van der Waals surface area contributed by atoms with Crippen molar-refractivity contribution in [2.45, 2.75) is 18.4 Å². The van der Waals surface area contributed by atoms with Gasteiger partial charge in [-0.05, 0) is 30.7 Å². The van der Waals surface area contributed by atoms with E-state index in [-0.39, 0.29) is 0 Å². The second kappa shape index (κ2) is 6.52. The van der Waals surface area contributed by atoms with Gasteiger partial charge < -0.3 is 14.9 Å². The van der Waals surface area contributed by atoms with E-state index in [2.05, 4.69) is 0 Å². The average Bonchev–Trinajstić information content (AvgIpc) is 2.81. The topological polar surface area (TPSA) is 48.4 Å². The van der Waals surface area contributed by atoms with Gasteiger partial charge in [0.2, 0.25) is 0 Å². The minimum Gasteiger partial charge on any atom is -0.493 e. The summed E-state index contributed by atoms with van der Waals surface area (Å²) in [6.07, 6.45) is 1.71. The number of benzene rings is 1. The Kier molecular flexibility index (Phi) is 4.73. The Morgan fingerprint density at radius 1 is 1.22 bits per heavy atom. The summed E-state index contributed by atoms with van der Waals surface area (Å²) >= 11 is 1.74. The van der Waals surface area contributed by atoms with Gasteiger partial charge in [-0.15, -0.1) is 11.8 Å². The van der Waals surface area contributed by atoms with Gasteiger partial charge in [-0.3, -0.25) is 0 Å². The second-order valence-electron chi connectivity index (χ2n) is 3.89. The minimum atomic E-state index is 0.565. The number of rotatable bonds is 6. The Hall–Kier alpha value is -1.39. The van der Waals surface area contributed by atoms with Gasteiger partial charge in [0.15, 0.2) is 0 Å². The molecule has 0 radical (unpaired) electrons. The molecule has 1 aromatic carbocycles. The van der Waals surface area contributed by atoms with Crippen LogP contribution in [0.2, 0.25) is 0 Å². The molecule has 0 bridgehead atoms. The van der Waals surface area contributed by atoms with Crippen molar-refractivity contribution in [1.82, 2.24) is 0 Å². The highest BCUT2D eigenvalue weighted by atomic mass is 32.2. The van der Waals surface area contributed by atoms with Crippen LogP contribution in [0.15, 0.2) is 45.9 Å². The molecule has 3 nitrogen and oxygen atoms in total. The highest BCUT2D eigenvalue weighted by molar-refractivity contribution is 7.99. The predicted octanol–water partition coefficient (Wildman–Crippen LogP) is 3.22. The smallest absolute Gasteiger partial charge is 0.119 e. The molecule has 2 rings (SSSR count). The van der Waals surface area contributed by atoms with E-state index in [1.165, 1.54) is 4.90 Å². The summed E-state index contributed by atoms with van der Waals surface area (Å²) in [4.78, 5) is 1.18. The lowest BCUT2D eigenvalue weighted by molar-refractivity contribution is 0.344. The highest BCUT2D eigenvalue weighted by Gasteiger charge is 2.01. The van der Waals surface area contributed by atoms with Crippen LogP contribution in [0, 0.1) is 6.92 Å². The summed E-state index contributed by atoms with van der Waals surface area (Å²) in [5, 5.41) is 0. The molecule has 0 aliphatic rings. The van der Waals surface area contributed by atoms with Crippen LogP contribution in [0.3, 0.4) is 0 Å². The maximum Gasteiger partial charge on any atom is 0.119 e. The molecule has 2 aromatic rings. The summed E-state index contributed by atoms with van der Waals surface area (Å²) in [7, 11) is 0. The Balaban J connectivity index is 1.73. The van der Waals surface area contributed by atoms with E-state index in [1.54, 1.807) is 18.0 Å². The van der Waals surface area contributed by atoms with Crippen LogP contribution in [-0.4, -0.2) is 12.4 Å². The zero-order valence-corrected chi connectivity index (χ0v) is 11.2. The fraction of sp³-hybridized carbons (Fsp3) is 0.286. The standard InChI is InChI=1S/C14H17NO2S/c1-11-14(6-7-16-11)18-9-8-17-13-4-2-12(10-15)3-5-13/h2-7H,8-10,15H2,1H3. The molecule has 4 heteroatoms. The SMILES string of the molecule is Cc1occc1SCCOc1ccc(CN)cc1. The van der Waals surface area contributed by atoms with E-state index < -0.39 is 0 Å². The Bertz CT molecular complexity index is 479. The maximum atomic E-state index is 5.65. The van der Waals surface area contributed by atoms with Crippen molar-refractivity contribution in [2.75, 3.05) is 12.4 Å². The van der Waals surface area contributed by atoms with Gasteiger partial charge in [0.1, 0.15) is 11.5 Å². The van der Waals surface area contributed by atoms with Crippen LogP contribution in [0.1, 0.15) is 11.3 Å². The van der Waals surface area contributed by atoms with E-state index in [1.807, 2.05) is 37.3 Å². The summed E-state index contributed by atoms with van der Waals surface area (Å²) in [5.41, 5.74) is 6.65. The summed E-state index contributed by atoms with van der Waals surface area (Å²) in [6, 6.07) is 9.87. The van der Waals surface area contributed by atoms with E-state index >= 15 is 0 Å². The van der Waals surface area contributed by atoms with Gasteiger partial charge in [-0.2, -0.15) is 0 Å². The zero-order chi connectivity index (χ0) is 12.8. The van der Waals surface area contributed by atoms with Gasteiger partial charge in [0, 0.05) is 17.2 Å². The van der Waals surface area contributed by atoms with Crippen LogP contribution >= 0.6 is 11.8 Å². The summed E-state index contributed by atoms with van der Waals surface area (Å²) in [6.45, 7) is 3.21. The summed E-state index contributed by atoms with van der Waals surface area (Å²) in [5.74, 6) is 2.75. The molecule has 0 atom stereocenters. The molecule has 96 valence electrons. The molecule has 0 aliphatic heterocycles. The van der Waals surface area contributed by atoms with Crippen LogP contribution in [0.4, 0.5) is 0 Å². The molecule has 0 unspecified atom stereocenters. The molecule has 0 spiro atoms. The van der Waals surface area contributed by atoms with Gasteiger partial charge >= 0.3 is 0 Å². The molecular weight excluding hydrogens is 246 g/mol. The number of aryl methyl sites for hydroxylation is 1. The number of hydrogen-bond acceptors (Lipinski definition) is 4. The van der Waals surface area contributed by atoms with Crippen molar-refractivity contribution in [3.05, 3.63) is 47.9 Å². The molecule has 0 saturated heterocycles. The first kappa shape index (κ1) is 13.1. The monoisotopic (exact) mass is 263 g/mol. The van der Waals surface area contributed by atoms with Gasteiger partial charge in [-0.1, -0.05) is 12.1 Å². The third kappa shape index (κ3) is 3.55. The molecule has 1 heterocycles. The van der Waals surface area contributed by atoms with Gasteiger partial charge in [0.25, 0.3) is 0 Å². The number of nitrogens with two attached hydrogens (primary N) is 1. The predicted molar refractivity (Wildman–Crippen MR) is 74.0 cm³/mol. The number of hydrogen-bond donors (Lipinski definition) is 1. The molecule has 1 aromatic heterocycles. The van der Waals surface area contributed by atoms with Crippen LogP contribution in [0.25, 0.3) is 0 Å². The van der Waals surface area contributed by atoms with E-state index in [0.717, 1.165) is 22.8 Å². The number of furan rings is 1. The lowest BCUT2D eigenvalue weighted by atomic mass is 10.2. The second-order valence-corrected chi connectivity index (χ2v) is 5.02. The lowest BCUT2D eigenvalue weighted by Crippen LogP contribution is -2.01. The first-order valence-corrected chi connectivity index (χ1v) is 6.87.